The van der Waals surface area contributed by atoms with Gasteiger partial charge in [0.1, 0.15) is 5.75 Å². The minimum atomic E-state index is -0.649. The Morgan fingerprint density at radius 2 is 1.83 bits per heavy atom. The molecule has 1 fully saturated rings. The minimum absolute atomic E-state index is 0.0639. The summed E-state index contributed by atoms with van der Waals surface area (Å²) in [5.41, 5.74) is 1.61. The van der Waals surface area contributed by atoms with Gasteiger partial charge >= 0.3 is 0 Å². The number of nitrogens with zero attached hydrogens (tertiary/aromatic N) is 2. The van der Waals surface area contributed by atoms with Gasteiger partial charge in [-0.15, -0.1) is 11.8 Å². The smallest absolute Gasteiger partial charge is 0.265 e. The first-order valence-corrected chi connectivity index (χ1v) is 11.2. The van der Waals surface area contributed by atoms with E-state index in [2.05, 4.69) is 5.32 Å². The number of thioether (sulfide) groups is 1. The number of benzene rings is 2. The van der Waals surface area contributed by atoms with Crippen molar-refractivity contribution in [2.75, 3.05) is 55.9 Å². The maximum Gasteiger partial charge on any atom is 0.265 e. The van der Waals surface area contributed by atoms with Crippen molar-refractivity contribution in [3.05, 3.63) is 48.5 Å². The molecule has 2 heterocycles. The largest absolute Gasteiger partial charge is 0.477 e. The molecule has 0 aliphatic carbocycles. The summed E-state index contributed by atoms with van der Waals surface area (Å²) in [6, 6.07) is 15.2. The Morgan fingerprint density at radius 3 is 2.63 bits per heavy atom. The summed E-state index contributed by atoms with van der Waals surface area (Å²) in [5, 5.41) is 2.99. The van der Waals surface area contributed by atoms with Crippen molar-refractivity contribution >= 4 is 35.0 Å². The maximum atomic E-state index is 13.0. The number of hydrogen-bond acceptors (Lipinski definition) is 6. The number of fused-ring (bicyclic) bond motifs is 1. The molecule has 2 aromatic rings. The lowest BCUT2D eigenvalue weighted by molar-refractivity contribution is -0.142. The van der Waals surface area contributed by atoms with Crippen molar-refractivity contribution in [3.8, 4) is 5.75 Å². The second-order valence-electron chi connectivity index (χ2n) is 7.14. The summed E-state index contributed by atoms with van der Waals surface area (Å²) in [5.74, 6) is 0.421. The summed E-state index contributed by atoms with van der Waals surface area (Å²) < 4.78 is 11.3. The Labute approximate surface area is 180 Å². The van der Waals surface area contributed by atoms with E-state index in [-0.39, 0.29) is 18.4 Å². The summed E-state index contributed by atoms with van der Waals surface area (Å²) in [6.07, 6.45) is 1.33. The number of carbonyl (C=O) groups excluding carboxylic acids is 2. The van der Waals surface area contributed by atoms with Gasteiger partial charge in [0, 0.05) is 18.0 Å². The third-order valence-electron chi connectivity index (χ3n) is 5.18. The zero-order valence-corrected chi connectivity index (χ0v) is 17.7. The van der Waals surface area contributed by atoms with Crippen LogP contribution < -0.4 is 15.0 Å². The molecule has 2 aliphatic rings. The molecule has 1 N–H and O–H groups in total. The Kier molecular flexibility index (Phi) is 6.44. The zero-order valence-electron chi connectivity index (χ0n) is 16.9. The molecule has 1 saturated heterocycles. The van der Waals surface area contributed by atoms with Crippen molar-refractivity contribution in [1.29, 1.82) is 0 Å². The van der Waals surface area contributed by atoms with Gasteiger partial charge in [-0.3, -0.25) is 9.59 Å². The van der Waals surface area contributed by atoms with Gasteiger partial charge in [-0.2, -0.15) is 0 Å². The third-order valence-corrected chi connectivity index (χ3v) is 5.97. The Balaban J connectivity index is 1.49. The van der Waals surface area contributed by atoms with E-state index >= 15 is 0 Å². The van der Waals surface area contributed by atoms with Crippen molar-refractivity contribution in [1.82, 2.24) is 4.90 Å². The second-order valence-corrected chi connectivity index (χ2v) is 7.99. The fourth-order valence-electron chi connectivity index (χ4n) is 3.68. The predicted molar refractivity (Wildman–Crippen MR) is 117 cm³/mol. The molecule has 2 aliphatic heterocycles. The van der Waals surface area contributed by atoms with Crippen molar-refractivity contribution in [2.24, 2.45) is 0 Å². The molecule has 0 aromatic heterocycles. The van der Waals surface area contributed by atoms with Gasteiger partial charge in [0.05, 0.1) is 37.7 Å². The van der Waals surface area contributed by atoms with Crippen LogP contribution in [0.25, 0.3) is 0 Å². The van der Waals surface area contributed by atoms with Crippen LogP contribution in [-0.4, -0.2) is 68.5 Å². The lowest BCUT2D eigenvalue weighted by Crippen LogP contribution is -2.53. The number of rotatable bonds is 5. The van der Waals surface area contributed by atoms with Crippen molar-refractivity contribution < 1.29 is 19.1 Å². The molecular weight excluding hydrogens is 402 g/mol. The highest BCUT2D eigenvalue weighted by atomic mass is 32.2. The molecule has 2 aromatic carbocycles. The molecule has 30 heavy (non-hydrogen) atoms. The van der Waals surface area contributed by atoms with Gasteiger partial charge in [-0.05, 0) is 30.5 Å². The Morgan fingerprint density at radius 1 is 1.10 bits per heavy atom. The zero-order chi connectivity index (χ0) is 20.9. The van der Waals surface area contributed by atoms with Crippen LogP contribution in [0, 0.1) is 0 Å². The van der Waals surface area contributed by atoms with E-state index < -0.39 is 6.10 Å². The quantitative estimate of drug-likeness (QED) is 0.740. The van der Waals surface area contributed by atoms with Crippen molar-refractivity contribution in [3.63, 3.8) is 0 Å². The Hall–Kier alpha value is -2.71. The van der Waals surface area contributed by atoms with Gasteiger partial charge in [0.2, 0.25) is 5.91 Å². The van der Waals surface area contributed by atoms with Crippen LogP contribution in [0.2, 0.25) is 0 Å². The van der Waals surface area contributed by atoms with Gasteiger partial charge in [0.25, 0.3) is 5.91 Å². The van der Waals surface area contributed by atoms with Crippen LogP contribution in [-0.2, 0) is 14.3 Å². The minimum Gasteiger partial charge on any atom is -0.477 e. The molecule has 0 bridgehead atoms. The standard InChI is InChI=1S/C22H25N3O4S/c1-30-20-9-5-2-6-16(20)23-21(26)15-25-14-19(22(27)24-10-12-28-13-11-24)29-18-8-4-3-7-17(18)25/h2-9,19H,10-15H2,1H3,(H,23,26). The van der Waals surface area contributed by atoms with E-state index in [0.29, 0.717) is 38.6 Å². The highest BCUT2D eigenvalue weighted by Gasteiger charge is 2.34. The van der Waals surface area contributed by atoms with Crippen LogP contribution in [0.4, 0.5) is 11.4 Å². The fourth-order valence-corrected chi connectivity index (χ4v) is 4.24. The summed E-state index contributed by atoms with van der Waals surface area (Å²) in [7, 11) is 0. The molecule has 0 spiro atoms. The molecule has 1 unspecified atom stereocenters. The highest BCUT2D eigenvalue weighted by Crippen LogP contribution is 2.33. The molecule has 4 rings (SSSR count). The van der Waals surface area contributed by atoms with Gasteiger partial charge < -0.3 is 24.6 Å². The molecule has 158 valence electrons. The molecule has 0 saturated carbocycles. The number of anilines is 2. The Bertz CT molecular complexity index is 917. The molecule has 8 heteroatoms. The van der Waals surface area contributed by atoms with Crippen LogP contribution in [0.5, 0.6) is 5.75 Å². The maximum absolute atomic E-state index is 13.0. The van der Waals surface area contributed by atoms with E-state index in [9.17, 15) is 9.59 Å². The van der Waals surface area contributed by atoms with Gasteiger partial charge in [-0.25, -0.2) is 0 Å². The number of nitrogens with one attached hydrogen (secondary N) is 1. The average Bonchev–Trinajstić information content (AvgIpc) is 2.79. The van der Waals surface area contributed by atoms with E-state index in [1.54, 1.807) is 16.7 Å². The van der Waals surface area contributed by atoms with Crippen LogP contribution >= 0.6 is 11.8 Å². The average molecular weight is 428 g/mol. The molecule has 2 amide bonds. The third kappa shape index (κ3) is 4.55. The van der Waals surface area contributed by atoms with Gasteiger partial charge in [-0.1, -0.05) is 24.3 Å². The topological polar surface area (TPSA) is 71.1 Å². The highest BCUT2D eigenvalue weighted by molar-refractivity contribution is 7.98. The van der Waals surface area contributed by atoms with Crippen molar-refractivity contribution in [2.45, 2.75) is 11.0 Å². The lowest BCUT2D eigenvalue weighted by Gasteiger charge is -2.38. The number of amides is 2. The van der Waals surface area contributed by atoms with E-state index in [4.69, 9.17) is 9.47 Å². The van der Waals surface area contributed by atoms with Crippen LogP contribution in [0.15, 0.2) is 53.4 Å². The van der Waals surface area contributed by atoms with E-state index in [0.717, 1.165) is 16.3 Å². The number of ether oxygens (including phenoxy) is 2. The molecular formula is C22H25N3O4S. The number of carbonyl (C=O) groups is 2. The van der Waals surface area contributed by atoms with Crippen LogP contribution in [0.1, 0.15) is 0 Å². The molecule has 1 atom stereocenters. The number of morpholine rings is 1. The second kappa shape index (κ2) is 9.40. The fraction of sp³-hybridized carbons (Fsp3) is 0.364. The monoisotopic (exact) mass is 427 g/mol. The van der Waals surface area contributed by atoms with E-state index in [1.807, 2.05) is 59.7 Å². The van der Waals surface area contributed by atoms with E-state index in [1.165, 1.54) is 0 Å². The normalized spacial score (nSPS) is 18.4. The SMILES string of the molecule is CSc1ccccc1NC(=O)CN1CC(C(=O)N2CCOCC2)Oc2ccccc21. The summed E-state index contributed by atoms with van der Waals surface area (Å²) >= 11 is 1.58. The summed E-state index contributed by atoms with van der Waals surface area (Å²) in [4.78, 5) is 30.5. The first-order valence-electron chi connectivity index (χ1n) is 9.96. The number of hydrogen-bond donors (Lipinski definition) is 1. The summed E-state index contributed by atoms with van der Waals surface area (Å²) in [6.45, 7) is 2.66. The lowest BCUT2D eigenvalue weighted by atomic mass is 10.1. The first kappa shape index (κ1) is 20.6. The van der Waals surface area contributed by atoms with Crippen LogP contribution in [0.3, 0.4) is 0 Å². The van der Waals surface area contributed by atoms with Gasteiger partial charge in [0.15, 0.2) is 6.10 Å². The molecule has 7 nitrogen and oxygen atoms in total. The number of para-hydroxylation sites is 3. The first-order chi connectivity index (χ1) is 14.7. The predicted octanol–water partition coefficient (Wildman–Crippen LogP) is 2.47. The molecule has 0 radical (unpaired) electrons.